The highest BCUT2D eigenvalue weighted by molar-refractivity contribution is 7.79. The molecule has 1 fully saturated rings. The zero-order chi connectivity index (χ0) is 13.1. The second-order valence-corrected chi connectivity index (χ2v) is 6.47. The third kappa shape index (κ3) is 5.14. The molecule has 0 bridgehead atoms. The van der Waals surface area contributed by atoms with Crippen LogP contribution in [-0.2, 0) is 20.7 Å². The van der Waals surface area contributed by atoms with E-state index >= 15 is 0 Å². The lowest BCUT2D eigenvalue weighted by Gasteiger charge is -2.31. The van der Waals surface area contributed by atoms with Crippen molar-refractivity contribution in [3.8, 4) is 0 Å². The lowest BCUT2D eigenvalue weighted by molar-refractivity contribution is -0.205. The molecule has 1 atom stereocenters. The van der Waals surface area contributed by atoms with Crippen LogP contribution < -0.4 is 0 Å². The van der Waals surface area contributed by atoms with Crippen LogP contribution in [-0.4, -0.2) is 38.6 Å². The van der Waals surface area contributed by atoms with Crippen molar-refractivity contribution in [1.82, 2.24) is 5.06 Å². The van der Waals surface area contributed by atoms with Gasteiger partial charge in [-0.25, -0.2) is 9.00 Å². The second kappa shape index (κ2) is 5.93. The monoisotopic (exact) mass is 263 g/mol. The van der Waals surface area contributed by atoms with Gasteiger partial charge in [-0.15, -0.1) is 5.06 Å². The van der Waals surface area contributed by atoms with Crippen molar-refractivity contribution in [2.75, 3.05) is 18.8 Å². The molecule has 0 radical (unpaired) electrons. The molecule has 5 nitrogen and oxygen atoms in total. The van der Waals surface area contributed by atoms with Crippen molar-refractivity contribution < 1.29 is 18.4 Å². The molecule has 0 saturated carbocycles. The summed E-state index contributed by atoms with van der Waals surface area (Å²) in [5, 5.41) is 1.66. The van der Waals surface area contributed by atoms with Crippen LogP contribution in [0.3, 0.4) is 0 Å². The van der Waals surface area contributed by atoms with E-state index in [1.54, 1.807) is 5.06 Å². The summed E-state index contributed by atoms with van der Waals surface area (Å²) in [7, 11) is 0. The third-order valence-electron chi connectivity index (χ3n) is 2.78. The van der Waals surface area contributed by atoms with E-state index in [2.05, 4.69) is 0 Å². The van der Waals surface area contributed by atoms with E-state index in [4.69, 9.17) is 9.39 Å². The molecule has 0 spiro atoms. The van der Waals surface area contributed by atoms with Crippen molar-refractivity contribution >= 4 is 17.0 Å². The predicted octanol–water partition coefficient (Wildman–Crippen LogP) is 1.42. The van der Waals surface area contributed by atoms with E-state index in [0.29, 0.717) is 18.8 Å². The lowest BCUT2D eigenvalue weighted by Crippen LogP contribution is -2.39. The SMILES string of the molecule is CC(C)(C)C(=O)ON1CCC(CS(=O)O)CC1. The number of hydroxylamine groups is 2. The Labute approximate surface area is 105 Å². The summed E-state index contributed by atoms with van der Waals surface area (Å²) in [6.07, 6.45) is 1.59. The van der Waals surface area contributed by atoms with E-state index in [9.17, 15) is 9.00 Å². The molecule has 0 aromatic heterocycles. The minimum absolute atomic E-state index is 0.235. The smallest absolute Gasteiger partial charge is 0.330 e. The number of carbonyl (C=O) groups excluding carboxylic acids is 1. The molecular formula is C11H21NO4S. The molecule has 1 aliphatic rings. The van der Waals surface area contributed by atoms with E-state index in [-0.39, 0.29) is 11.9 Å². The molecule has 0 aromatic carbocycles. The van der Waals surface area contributed by atoms with Crippen molar-refractivity contribution in [2.24, 2.45) is 11.3 Å². The zero-order valence-corrected chi connectivity index (χ0v) is 11.5. The van der Waals surface area contributed by atoms with Gasteiger partial charge in [0.2, 0.25) is 0 Å². The molecule has 17 heavy (non-hydrogen) atoms. The van der Waals surface area contributed by atoms with Crippen LogP contribution in [0.1, 0.15) is 33.6 Å². The predicted molar refractivity (Wildman–Crippen MR) is 65.5 cm³/mol. The van der Waals surface area contributed by atoms with Crippen LogP contribution in [0.4, 0.5) is 0 Å². The molecule has 6 heteroatoms. The third-order valence-corrected chi connectivity index (χ3v) is 3.53. The largest absolute Gasteiger partial charge is 0.367 e. The molecule has 0 aromatic rings. The fourth-order valence-electron chi connectivity index (χ4n) is 1.62. The maximum Gasteiger partial charge on any atom is 0.330 e. The summed E-state index contributed by atoms with van der Waals surface area (Å²) < 4.78 is 19.5. The normalized spacial score (nSPS) is 21.2. The van der Waals surface area contributed by atoms with Gasteiger partial charge >= 0.3 is 5.97 Å². The molecule has 1 N–H and O–H groups in total. The van der Waals surface area contributed by atoms with Crippen molar-refractivity contribution in [2.45, 2.75) is 33.6 Å². The molecule has 1 saturated heterocycles. The Bertz CT molecular complexity index is 292. The maximum absolute atomic E-state index is 11.6. The first kappa shape index (κ1) is 14.6. The Balaban J connectivity index is 2.33. The number of hydrogen-bond donors (Lipinski definition) is 1. The van der Waals surface area contributed by atoms with Crippen LogP contribution >= 0.6 is 0 Å². The van der Waals surface area contributed by atoms with Gasteiger partial charge < -0.3 is 9.39 Å². The van der Waals surface area contributed by atoms with Gasteiger partial charge in [0.1, 0.15) is 0 Å². The number of nitrogens with zero attached hydrogens (tertiary/aromatic N) is 1. The highest BCUT2D eigenvalue weighted by Crippen LogP contribution is 2.21. The summed E-state index contributed by atoms with van der Waals surface area (Å²) >= 11 is -1.73. The molecule has 1 aliphatic heterocycles. The van der Waals surface area contributed by atoms with Crippen LogP contribution in [0.2, 0.25) is 0 Å². The summed E-state index contributed by atoms with van der Waals surface area (Å²) in [5.74, 6) is 0.341. The van der Waals surface area contributed by atoms with Crippen molar-refractivity contribution in [3.05, 3.63) is 0 Å². The van der Waals surface area contributed by atoms with E-state index < -0.39 is 16.5 Å². The molecule has 1 heterocycles. The van der Waals surface area contributed by atoms with Gasteiger partial charge in [0.15, 0.2) is 11.1 Å². The molecule has 1 unspecified atom stereocenters. The molecule has 0 amide bonds. The van der Waals surface area contributed by atoms with Gasteiger partial charge in [0, 0.05) is 13.1 Å². The topological polar surface area (TPSA) is 66.8 Å². The lowest BCUT2D eigenvalue weighted by atomic mass is 9.97. The van der Waals surface area contributed by atoms with Gasteiger partial charge in [-0.05, 0) is 39.5 Å². The standard InChI is InChI=1S/C11H21NO4S/c1-11(2,3)10(13)16-12-6-4-9(5-7-12)8-17(14)15/h9H,4-8H2,1-3H3,(H,14,15). The Hall–Kier alpha value is -0.460. The first-order chi connectivity index (χ1) is 7.79. The quantitative estimate of drug-likeness (QED) is 0.780. The van der Waals surface area contributed by atoms with E-state index in [1.807, 2.05) is 20.8 Å². The van der Waals surface area contributed by atoms with Crippen LogP contribution in [0.25, 0.3) is 0 Å². The first-order valence-corrected chi connectivity index (χ1v) is 7.11. The molecule has 1 rings (SSSR count). The van der Waals surface area contributed by atoms with Gasteiger partial charge in [-0.3, -0.25) is 0 Å². The minimum atomic E-state index is -1.73. The average Bonchev–Trinajstić information content (AvgIpc) is 2.18. The van der Waals surface area contributed by atoms with Gasteiger partial charge in [-0.1, -0.05) is 0 Å². The second-order valence-electron chi connectivity index (χ2n) is 5.49. The Morgan fingerprint density at radius 2 is 1.94 bits per heavy atom. The van der Waals surface area contributed by atoms with Gasteiger partial charge in [-0.2, -0.15) is 0 Å². The number of rotatable bonds is 3. The Kier molecular flexibility index (Phi) is 5.09. The molecular weight excluding hydrogens is 242 g/mol. The Morgan fingerprint density at radius 3 is 2.35 bits per heavy atom. The maximum atomic E-state index is 11.6. The summed E-state index contributed by atoms with van der Waals surface area (Å²) in [6.45, 7) is 6.73. The van der Waals surface area contributed by atoms with E-state index in [1.165, 1.54) is 0 Å². The zero-order valence-electron chi connectivity index (χ0n) is 10.6. The summed E-state index contributed by atoms with van der Waals surface area (Å²) in [6, 6.07) is 0. The highest BCUT2D eigenvalue weighted by Gasteiger charge is 2.28. The molecule has 0 aliphatic carbocycles. The fourth-order valence-corrected chi connectivity index (χ4v) is 2.36. The van der Waals surface area contributed by atoms with Crippen LogP contribution in [0.15, 0.2) is 0 Å². The fraction of sp³-hybridized carbons (Fsp3) is 0.909. The molecule has 100 valence electrons. The van der Waals surface area contributed by atoms with Crippen molar-refractivity contribution in [1.29, 1.82) is 0 Å². The number of piperidine rings is 1. The Morgan fingerprint density at radius 1 is 1.41 bits per heavy atom. The average molecular weight is 263 g/mol. The van der Waals surface area contributed by atoms with Crippen LogP contribution in [0.5, 0.6) is 0 Å². The number of hydrogen-bond acceptors (Lipinski definition) is 4. The number of carbonyl (C=O) groups is 1. The highest BCUT2D eigenvalue weighted by atomic mass is 32.2. The van der Waals surface area contributed by atoms with Gasteiger partial charge in [0.05, 0.1) is 11.2 Å². The van der Waals surface area contributed by atoms with Crippen molar-refractivity contribution in [3.63, 3.8) is 0 Å². The van der Waals surface area contributed by atoms with E-state index in [0.717, 1.165) is 12.8 Å². The first-order valence-electron chi connectivity index (χ1n) is 5.84. The minimum Gasteiger partial charge on any atom is -0.367 e. The summed E-state index contributed by atoms with van der Waals surface area (Å²) in [4.78, 5) is 16.9. The summed E-state index contributed by atoms with van der Waals surface area (Å²) in [5.41, 5.74) is -0.497. The van der Waals surface area contributed by atoms with Gasteiger partial charge in [0.25, 0.3) is 0 Å². The van der Waals surface area contributed by atoms with Crippen LogP contribution in [0, 0.1) is 11.3 Å².